The molecule has 2 rings (SSSR count). The third-order valence-corrected chi connectivity index (χ3v) is 5.61. The highest BCUT2D eigenvalue weighted by atomic mass is 35.5. The number of amides is 1. The van der Waals surface area contributed by atoms with Crippen molar-refractivity contribution in [2.45, 2.75) is 55.4 Å². The van der Waals surface area contributed by atoms with Crippen LogP contribution in [0, 0.1) is 0 Å². The average Bonchev–Trinajstić information content (AvgIpc) is 2.48. The summed E-state index contributed by atoms with van der Waals surface area (Å²) >= 11 is 1.92. The number of thioether (sulfide) groups is 1. The van der Waals surface area contributed by atoms with Crippen molar-refractivity contribution in [2.24, 2.45) is 0 Å². The molecule has 2 N–H and O–H groups in total. The zero-order valence-electron chi connectivity index (χ0n) is 12.4. The zero-order valence-corrected chi connectivity index (χ0v) is 14.1. The maximum absolute atomic E-state index is 12.5. The summed E-state index contributed by atoms with van der Waals surface area (Å²) in [6.45, 7) is 1.72. The normalized spacial score (nSPS) is 29.3. The largest absolute Gasteiger partial charge is 0.368 e. The number of halogens is 1. The van der Waals surface area contributed by atoms with Crippen LogP contribution >= 0.6 is 24.2 Å². The van der Waals surface area contributed by atoms with Crippen molar-refractivity contribution in [3.05, 3.63) is 0 Å². The third kappa shape index (κ3) is 4.26. The van der Waals surface area contributed by atoms with Gasteiger partial charge in [-0.1, -0.05) is 6.42 Å². The third-order valence-electron chi connectivity index (χ3n) is 4.51. The fraction of sp³-hybridized carbons (Fsp3) is 0.929. The van der Waals surface area contributed by atoms with Crippen molar-refractivity contribution in [3.8, 4) is 0 Å². The van der Waals surface area contributed by atoms with E-state index in [9.17, 15) is 4.79 Å². The Hall–Kier alpha value is 0.0300. The molecule has 118 valence electrons. The summed E-state index contributed by atoms with van der Waals surface area (Å²) in [7, 11) is 1.66. The smallest absolute Gasteiger partial charge is 0.252 e. The second kappa shape index (κ2) is 8.47. The van der Waals surface area contributed by atoms with Crippen LogP contribution in [0.4, 0.5) is 0 Å². The van der Waals surface area contributed by atoms with Crippen molar-refractivity contribution in [1.82, 2.24) is 10.6 Å². The Labute approximate surface area is 132 Å². The van der Waals surface area contributed by atoms with Gasteiger partial charge in [0.1, 0.15) is 5.60 Å². The van der Waals surface area contributed by atoms with E-state index in [0.717, 1.165) is 38.8 Å². The highest BCUT2D eigenvalue weighted by Crippen LogP contribution is 2.28. The van der Waals surface area contributed by atoms with Crippen LogP contribution in [0.1, 0.15) is 38.5 Å². The van der Waals surface area contributed by atoms with Gasteiger partial charge >= 0.3 is 0 Å². The number of piperidine rings is 1. The van der Waals surface area contributed by atoms with Gasteiger partial charge in [-0.15, -0.1) is 12.4 Å². The molecule has 2 aliphatic rings. The molecule has 1 aliphatic carbocycles. The number of hydrogen-bond acceptors (Lipinski definition) is 4. The van der Waals surface area contributed by atoms with Crippen LogP contribution in [-0.2, 0) is 9.53 Å². The van der Waals surface area contributed by atoms with E-state index >= 15 is 0 Å². The molecule has 0 aromatic carbocycles. The first-order chi connectivity index (χ1) is 9.20. The number of rotatable bonds is 4. The molecule has 1 heterocycles. The van der Waals surface area contributed by atoms with Crippen LogP contribution in [0.2, 0.25) is 0 Å². The minimum atomic E-state index is -0.600. The summed E-state index contributed by atoms with van der Waals surface area (Å²) in [5, 5.41) is 7.22. The van der Waals surface area contributed by atoms with Gasteiger partial charge in [0.15, 0.2) is 0 Å². The van der Waals surface area contributed by atoms with Gasteiger partial charge in [0.05, 0.1) is 0 Å². The molecule has 1 aliphatic heterocycles. The Morgan fingerprint density at radius 2 is 2.05 bits per heavy atom. The molecule has 6 heteroatoms. The van der Waals surface area contributed by atoms with Crippen molar-refractivity contribution in [1.29, 1.82) is 0 Å². The van der Waals surface area contributed by atoms with Crippen LogP contribution in [0.3, 0.4) is 0 Å². The van der Waals surface area contributed by atoms with Gasteiger partial charge in [-0.2, -0.15) is 11.8 Å². The highest BCUT2D eigenvalue weighted by molar-refractivity contribution is 7.99. The molecular formula is C14H27ClN2O2S. The molecule has 0 spiro atoms. The Morgan fingerprint density at radius 1 is 1.35 bits per heavy atom. The monoisotopic (exact) mass is 322 g/mol. The molecule has 4 nitrogen and oxygen atoms in total. The lowest BCUT2D eigenvalue weighted by Crippen LogP contribution is -2.56. The first-order valence-corrected chi connectivity index (χ1v) is 8.58. The highest BCUT2D eigenvalue weighted by Gasteiger charge is 2.40. The number of carbonyl (C=O) groups excluding carboxylic acids is 1. The van der Waals surface area contributed by atoms with E-state index in [1.165, 1.54) is 12.8 Å². The lowest BCUT2D eigenvalue weighted by molar-refractivity contribution is -0.147. The van der Waals surface area contributed by atoms with Gasteiger partial charge in [0, 0.05) is 18.4 Å². The van der Waals surface area contributed by atoms with E-state index < -0.39 is 5.60 Å². The average molecular weight is 323 g/mol. The number of methoxy groups -OCH3 is 1. The molecule has 2 unspecified atom stereocenters. The second-order valence-corrected chi connectivity index (χ2v) is 6.78. The summed E-state index contributed by atoms with van der Waals surface area (Å²) in [6.07, 6.45) is 8.43. The molecule has 0 radical (unpaired) electrons. The molecule has 0 aromatic heterocycles. The van der Waals surface area contributed by atoms with E-state index in [2.05, 4.69) is 16.9 Å². The van der Waals surface area contributed by atoms with Gasteiger partial charge in [-0.3, -0.25) is 4.79 Å². The maximum Gasteiger partial charge on any atom is 0.252 e. The summed E-state index contributed by atoms with van der Waals surface area (Å²) in [5.41, 5.74) is -0.600. The summed E-state index contributed by atoms with van der Waals surface area (Å²) in [5.74, 6) is 0.100. The van der Waals surface area contributed by atoms with Crippen molar-refractivity contribution >= 4 is 30.1 Å². The first-order valence-electron chi connectivity index (χ1n) is 7.30. The number of carbonyl (C=O) groups is 1. The van der Waals surface area contributed by atoms with E-state index in [1.807, 2.05) is 11.8 Å². The first kappa shape index (κ1) is 18.1. The van der Waals surface area contributed by atoms with E-state index in [0.29, 0.717) is 11.3 Å². The molecule has 1 saturated carbocycles. The molecule has 1 saturated heterocycles. The van der Waals surface area contributed by atoms with Gasteiger partial charge in [-0.05, 0) is 51.4 Å². The molecule has 0 aromatic rings. The summed E-state index contributed by atoms with van der Waals surface area (Å²) in [4.78, 5) is 12.5. The molecular weight excluding hydrogens is 296 g/mol. The van der Waals surface area contributed by atoms with E-state index in [4.69, 9.17) is 4.74 Å². The summed E-state index contributed by atoms with van der Waals surface area (Å²) < 4.78 is 5.58. The fourth-order valence-corrected chi connectivity index (χ4v) is 3.99. The van der Waals surface area contributed by atoms with Crippen LogP contribution in [0.5, 0.6) is 0 Å². The van der Waals surface area contributed by atoms with Crippen molar-refractivity contribution in [2.75, 3.05) is 26.5 Å². The lowest BCUT2D eigenvalue weighted by atomic mass is 9.89. The Balaban J connectivity index is 0.00000200. The zero-order chi connectivity index (χ0) is 13.7. The predicted octanol–water partition coefficient (Wildman–Crippen LogP) is 1.97. The summed E-state index contributed by atoms with van der Waals surface area (Å²) in [6, 6.07) is 0.334. The van der Waals surface area contributed by atoms with Crippen LogP contribution < -0.4 is 10.6 Å². The van der Waals surface area contributed by atoms with Crippen molar-refractivity contribution in [3.63, 3.8) is 0 Å². The van der Waals surface area contributed by atoms with E-state index in [-0.39, 0.29) is 18.3 Å². The Bertz CT molecular complexity index is 312. The molecule has 1 amide bonds. The molecule has 0 bridgehead atoms. The predicted molar refractivity (Wildman–Crippen MR) is 86.8 cm³/mol. The van der Waals surface area contributed by atoms with Gasteiger partial charge in [-0.25, -0.2) is 0 Å². The number of ether oxygens (including phenoxy) is 1. The molecule has 2 fully saturated rings. The Morgan fingerprint density at radius 3 is 2.65 bits per heavy atom. The van der Waals surface area contributed by atoms with Gasteiger partial charge in [0.2, 0.25) is 0 Å². The standard InChI is InChI=1S/C14H26N2O2S.ClH/c1-18-14(6-8-15-9-7-14)13(17)16-11-4-3-5-12(10-11)19-2;/h11-12,15H,3-10H2,1-2H3,(H,16,17);1H. The molecule has 20 heavy (non-hydrogen) atoms. The number of hydrogen-bond donors (Lipinski definition) is 2. The molecule has 2 atom stereocenters. The van der Waals surface area contributed by atoms with Crippen LogP contribution in [0.25, 0.3) is 0 Å². The van der Waals surface area contributed by atoms with Gasteiger partial charge in [0.25, 0.3) is 5.91 Å². The van der Waals surface area contributed by atoms with E-state index in [1.54, 1.807) is 7.11 Å². The Kier molecular flexibility index (Phi) is 7.65. The second-order valence-electron chi connectivity index (χ2n) is 5.64. The van der Waals surface area contributed by atoms with Crippen LogP contribution in [-0.4, -0.2) is 49.3 Å². The SMILES string of the molecule is COC1(C(=O)NC2CCCC(SC)C2)CCNCC1.Cl. The topological polar surface area (TPSA) is 50.4 Å². The quantitative estimate of drug-likeness (QED) is 0.831. The van der Waals surface area contributed by atoms with Crippen LogP contribution in [0.15, 0.2) is 0 Å². The minimum Gasteiger partial charge on any atom is -0.368 e. The maximum atomic E-state index is 12.5. The van der Waals surface area contributed by atoms with Crippen molar-refractivity contribution < 1.29 is 9.53 Å². The fourth-order valence-electron chi connectivity index (χ4n) is 3.16. The number of nitrogens with one attached hydrogen (secondary N) is 2. The van der Waals surface area contributed by atoms with Gasteiger partial charge < -0.3 is 15.4 Å². The lowest BCUT2D eigenvalue weighted by Gasteiger charge is -2.37. The minimum absolute atomic E-state index is 0.